The summed E-state index contributed by atoms with van der Waals surface area (Å²) in [5, 5.41) is 0. The van der Waals surface area contributed by atoms with Crippen molar-refractivity contribution in [2.45, 2.75) is 53.5 Å². The van der Waals surface area contributed by atoms with E-state index in [9.17, 15) is 0 Å². The SMILES string of the molecule is CC(C)C(C)C#Cc1cccc2c1CCCN2C(C)C. The zero-order valence-electron chi connectivity index (χ0n) is 13.5. The lowest BCUT2D eigenvalue weighted by molar-refractivity contribution is 0.520. The lowest BCUT2D eigenvalue weighted by atomic mass is 9.94. The Kier molecular flexibility index (Phi) is 4.76. The number of anilines is 1. The van der Waals surface area contributed by atoms with Gasteiger partial charge in [-0.05, 0) is 50.3 Å². The second-order valence-electron chi connectivity index (χ2n) is 6.50. The molecule has 1 heterocycles. The summed E-state index contributed by atoms with van der Waals surface area (Å²) in [4.78, 5) is 2.51. The van der Waals surface area contributed by atoms with E-state index in [1.807, 2.05) is 0 Å². The zero-order chi connectivity index (χ0) is 14.7. The maximum Gasteiger partial charge on any atom is 0.0413 e. The third-order valence-corrected chi connectivity index (χ3v) is 4.34. The predicted octanol–water partition coefficient (Wildman–Crippen LogP) is 4.49. The molecule has 20 heavy (non-hydrogen) atoms. The van der Waals surface area contributed by atoms with Gasteiger partial charge in [0.1, 0.15) is 0 Å². The van der Waals surface area contributed by atoms with Crippen molar-refractivity contribution >= 4 is 5.69 Å². The first kappa shape index (κ1) is 15.0. The van der Waals surface area contributed by atoms with Gasteiger partial charge in [0.2, 0.25) is 0 Å². The summed E-state index contributed by atoms with van der Waals surface area (Å²) in [5.74, 6) is 7.93. The van der Waals surface area contributed by atoms with Crippen LogP contribution in [0, 0.1) is 23.7 Å². The molecule has 0 radical (unpaired) electrons. The van der Waals surface area contributed by atoms with Crippen molar-refractivity contribution in [3.63, 3.8) is 0 Å². The largest absolute Gasteiger partial charge is 0.369 e. The molecule has 1 aromatic carbocycles. The van der Waals surface area contributed by atoms with Crippen molar-refractivity contribution in [3.05, 3.63) is 29.3 Å². The molecule has 1 aliphatic rings. The van der Waals surface area contributed by atoms with Crippen LogP contribution < -0.4 is 4.90 Å². The molecular formula is C19H27N. The Morgan fingerprint density at radius 2 is 1.85 bits per heavy atom. The van der Waals surface area contributed by atoms with Crippen molar-refractivity contribution in [1.82, 2.24) is 0 Å². The molecule has 1 atom stereocenters. The molecule has 0 aromatic heterocycles. The molecule has 1 nitrogen and oxygen atoms in total. The molecule has 0 aliphatic carbocycles. The van der Waals surface area contributed by atoms with Gasteiger partial charge in [-0.2, -0.15) is 0 Å². The topological polar surface area (TPSA) is 3.24 Å². The number of fused-ring (bicyclic) bond motifs is 1. The molecule has 0 bridgehead atoms. The van der Waals surface area contributed by atoms with Gasteiger partial charge in [-0.3, -0.25) is 0 Å². The number of hydrogen-bond acceptors (Lipinski definition) is 1. The van der Waals surface area contributed by atoms with E-state index in [0.717, 1.165) is 0 Å². The molecule has 0 N–H and O–H groups in total. The van der Waals surface area contributed by atoms with Gasteiger partial charge >= 0.3 is 0 Å². The average Bonchev–Trinajstić information content (AvgIpc) is 2.43. The Hall–Kier alpha value is -1.42. The second kappa shape index (κ2) is 6.35. The monoisotopic (exact) mass is 269 g/mol. The van der Waals surface area contributed by atoms with Crippen LogP contribution in [0.3, 0.4) is 0 Å². The predicted molar refractivity (Wildman–Crippen MR) is 88.1 cm³/mol. The third-order valence-electron chi connectivity index (χ3n) is 4.34. The smallest absolute Gasteiger partial charge is 0.0413 e. The highest BCUT2D eigenvalue weighted by Gasteiger charge is 2.20. The van der Waals surface area contributed by atoms with Gasteiger partial charge in [0.25, 0.3) is 0 Å². The first-order valence-electron chi connectivity index (χ1n) is 7.90. The molecule has 1 unspecified atom stereocenters. The minimum Gasteiger partial charge on any atom is -0.369 e. The lowest BCUT2D eigenvalue weighted by Gasteiger charge is -2.35. The van der Waals surface area contributed by atoms with Gasteiger partial charge in [0.15, 0.2) is 0 Å². The maximum absolute atomic E-state index is 3.44. The molecule has 0 amide bonds. The van der Waals surface area contributed by atoms with Crippen molar-refractivity contribution in [1.29, 1.82) is 0 Å². The van der Waals surface area contributed by atoms with Crippen LogP contribution in [0.5, 0.6) is 0 Å². The van der Waals surface area contributed by atoms with Gasteiger partial charge < -0.3 is 4.90 Å². The molecule has 1 heteroatoms. The number of nitrogens with zero attached hydrogens (tertiary/aromatic N) is 1. The Bertz CT molecular complexity index is 516. The minimum absolute atomic E-state index is 0.454. The fourth-order valence-corrected chi connectivity index (χ4v) is 2.66. The lowest BCUT2D eigenvalue weighted by Crippen LogP contribution is -2.35. The Labute approximate surface area is 124 Å². The summed E-state index contributed by atoms with van der Waals surface area (Å²) < 4.78 is 0. The quantitative estimate of drug-likeness (QED) is 0.715. The van der Waals surface area contributed by atoms with Gasteiger partial charge in [-0.25, -0.2) is 0 Å². The van der Waals surface area contributed by atoms with E-state index in [4.69, 9.17) is 0 Å². The van der Waals surface area contributed by atoms with Crippen molar-refractivity contribution in [2.24, 2.45) is 11.8 Å². The first-order valence-corrected chi connectivity index (χ1v) is 7.90. The van der Waals surface area contributed by atoms with Crippen LogP contribution in [0.15, 0.2) is 18.2 Å². The molecule has 1 aliphatic heterocycles. The maximum atomic E-state index is 3.44. The van der Waals surface area contributed by atoms with Crippen LogP contribution in [0.2, 0.25) is 0 Å². The number of rotatable bonds is 2. The number of benzene rings is 1. The molecule has 1 aromatic rings. The van der Waals surface area contributed by atoms with Gasteiger partial charge in [-0.1, -0.05) is 38.7 Å². The summed E-state index contributed by atoms with van der Waals surface area (Å²) in [5.41, 5.74) is 4.09. The summed E-state index contributed by atoms with van der Waals surface area (Å²) in [6.07, 6.45) is 2.41. The van der Waals surface area contributed by atoms with E-state index >= 15 is 0 Å². The summed E-state index contributed by atoms with van der Waals surface area (Å²) >= 11 is 0. The summed E-state index contributed by atoms with van der Waals surface area (Å²) in [7, 11) is 0. The van der Waals surface area contributed by atoms with Gasteiger partial charge in [0.05, 0.1) is 0 Å². The van der Waals surface area contributed by atoms with E-state index in [0.29, 0.717) is 17.9 Å². The zero-order valence-corrected chi connectivity index (χ0v) is 13.5. The molecule has 0 spiro atoms. The van der Waals surface area contributed by atoms with E-state index < -0.39 is 0 Å². The standard InChI is InChI=1S/C19H27N/c1-14(2)16(5)11-12-17-8-6-10-19-18(17)9-7-13-20(19)15(3)4/h6,8,10,14-16H,7,9,13H2,1-5H3. The van der Waals surface area contributed by atoms with Crippen LogP contribution in [0.1, 0.15) is 52.2 Å². The van der Waals surface area contributed by atoms with E-state index in [-0.39, 0.29) is 0 Å². The molecule has 108 valence electrons. The van der Waals surface area contributed by atoms with Gasteiger partial charge in [-0.15, -0.1) is 0 Å². The Morgan fingerprint density at radius 3 is 2.50 bits per heavy atom. The Balaban J connectivity index is 2.35. The highest BCUT2D eigenvalue weighted by atomic mass is 15.2. The van der Waals surface area contributed by atoms with E-state index in [1.54, 1.807) is 0 Å². The molecule has 0 saturated heterocycles. The van der Waals surface area contributed by atoms with Crippen LogP contribution in [0.25, 0.3) is 0 Å². The molecule has 0 fully saturated rings. The van der Waals surface area contributed by atoms with E-state index in [2.05, 4.69) is 69.6 Å². The van der Waals surface area contributed by atoms with Crippen LogP contribution >= 0.6 is 0 Å². The van der Waals surface area contributed by atoms with Crippen LogP contribution in [-0.4, -0.2) is 12.6 Å². The normalized spacial score (nSPS) is 15.8. The van der Waals surface area contributed by atoms with Crippen molar-refractivity contribution < 1.29 is 0 Å². The van der Waals surface area contributed by atoms with Crippen LogP contribution in [-0.2, 0) is 6.42 Å². The average molecular weight is 269 g/mol. The van der Waals surface area contributed by atoms with E-state index in [1.165, 1.54) is 36.2 Å². The summed E-state index contributed by atoms with van der Waals surface area (Å²) in [6, 6.07) is 7.16. The molecule has 2 rings (SSSR count). The summed E-state index contributed by atoms with van der Waals surface area (Å²) in [6.45, 7) is 12.4. The molecular weight excluding hydrogens is 242 g/mol. The Morgan fingerprint density at radius 1 is 1.10 bits per heavy atom. The number of hydrogen-bond donors (Lipinski definition) is 0. The van der Waals surface area contributed by atoms with Gasteiger partial charge in [0, 0.05) is 29.8 Å². The van der Waals surface area contributed by atoms with Crippen LogP contribution in [0.4, 0.5) is 5.69 Å². The highest BCUT2D eigenvalue weighted by Crippen LogP contribution is 2.31. The fourth-order valence-electron chi connectivity index (χ4n) is 2.66. The first-order chi connectivity index (χ1) is 9.50. The second-order valence-corrected chi connectivity index (χ2v) is 6.50. The van der Waals surface area contributed by atoms with Crippen molar-refractivity contribution in [2.75, 3.05) is 11.4 Å². The fraction of sp³-hybridized carbons (Fsp3) is 0.579. The highest BCUT2D eigenvalue weighted by molar-refractivity contribution is 5.62. The van der Waals surface area contributed by atoms with Crippen molar-refractivity contribution in [3.8, 4) is 11.8 Å². The third kappa shape index (κ3) is 3.18. The molecule has 0 saturated carbocycles. The minimum atomic E-state index is 0.454.